The maximum absolute atomic E-state index is 9.51. The number of carboxylic acid groups (broad SMARTS) is 1. The van der Waals surface area contributed by atoms with Crippen molar-refractivity contribution < 1.29 is 14.4 Å². The predicted molar refractivity (Wildman–Crippen MR) is 105 cm³/mol. The highest BCUT2D eigenvalue weighted by Gasteiger charge is 2.24. The molecule has 146 valence electrons. The zero-order chi connectivity index (χ0) is 19.1. The molecule has 0 atom stereocenters. The first-order chi connectivity index (χ1) is 11.2. The van der Waals surface area contributed by atoms with Crippen LogP contribution in [0.15, 0.2) is 0 Å². The number of unbranched alkanes of at least 4 members (excludes halogenated alkanes) is 4. The third-order valence-corrected chi connectivity index (χ3v) is 4.64. The Hall–Kier alpha value is 0.300. The Bertz CT molecular complexity index is 270. The molecule has 0 heterocycles. The van der Waals surface area contributed by atoms with E-state index in [0.29, 0.717) is 0 Å². The SMILES string of the molecule is CCCC[N+](CCCC)(CCCC)CCCC.O=C([O-])C(Cl)(Cl)Cl. The highest BCUT2D eigenvalue weighted by molar-refractivity contribution is 6.75. The fourth-order valence-electron chi connectivity index (χ4n) is 2.64. The highest BCUT2D eigenvalue weighted by atomic mass is 35.6. The number of aliphatic carboxylic acids is 1. The van der Waals surface area contributed by atoms with E-state index in [9.17, 15) is 9.90 Å². The number of halogens is 3. The number of hydrogen-bond acceptors (Lipinski definition) is 2. The van der Waals surface area contributed by atoms with Crippen LogP contribution in [0.25, 0.3) is 0 Å². The molecular weight excluding hydrogens is 369 g/mol. The number of carbonyl (C=O) groups excluding carboxylic acids is 1. The van der Waals surface area contributed by atoms with E-state index in [1.165, 1.54) is 82.0 Å². The van der Waals surface area contributed by atoms with Crippen molar-refractivity contribution in [3.05, 3.63) is 0 Å². The number of carbonyl (C=O) groups is 1. The van der Waals surface area contributed by atoms with E-state index >= 15 is 0 Å². The average Bonchev–Trinajstić information content (AvgIpc) is 2.53. The molecule has 0 aromatic carbocycles. The van der Waals surface area contributed by atoms with Crippen LogP contribution in [0.5, 0.6) is 0 Å². The minimum atomic E-state index is -2.28. The molecule has 0 rings (SSSR count). The summed E-state index contributed by atoms with van der Waals surface area (Å²) in [5.41, 5.74) is 0. The molecule has 0 saturated heterocycles. The van der Waals surface area contributed by atoms with Crippen molar-refractivity contribution in [3.63, 3.8) is 0 Å². The van der Waals surface area contributed by atoms with Crippen LogP contribution in [0.2, 0.25) is 0 Å². The van der Waals surface area contributed by atoms with Crippen molar-refractivity contribution in [2.75, 3.05) is 26.2 Å². The summed E-state index contributed by atoms with van der Waals surface area (Å²) in [4.78, 5) is 9.51. The largest absolute Gasteiger partial charge is 0.545 e. The Morgan fingerprint density at radius 3 is 1.08 bits per heavy atom. The number of nitrogens with zero attached hydrogens (tertiary/aromatic N) is 1. The van der Waals surface area contributed by atoms with Crippen LogP contribution in [0.3, 0.4) is 0 Å². The van der Waals surface area contributed by atoms with Gasteiger partial charge in [-0.05, 0) is 25.7 Å². The van der Waals surface area contributed by atoms with Crippen molar-refractivity contribution >= 4 is 40.8 Å². The average molecular weight is 405 g/mol. The van der Waals surface area contributed by atoms with Crippen LogP contribution in [-0.4, -0.2) is 40.4 Å². The standard InChI is InChI=1S/C16H36N.C2HCl3O2/c1-5-9-13-17(14-10-6-2,15-11-7-3)16-12-8-4;3-2(4,5)1(6)7/h5-16H2,1-4H3;(H,6,7)/q+1;/p-1. The van der Waals surface area contributed by atoms with Gasteiger partial charge in [-0.2, -0.15) is 0 Å². The molecule has 3 nitrogen and oxygen atoms in total. The molecule has 0 bridgehead atoms. The minimum Gasteiger partial charge on any atom is -0.545 e. The van der Waals surface area contributed by atoms with Crippen LogP contribution in [0, 0.1) is 0 Å². The monoisotopic (exact) mass is 403 g/mol. The summed E-state index contributed by atoms with van der Waals surface area (Å²) in [6, 6.07) is 0. The smallest absolute Gasteiger partial charge is 0.230 e. The molecule has 0 aliphatic carbocycles. The quantitative estimate of drug-likeness (QED) is 0.335. The Morgan fingerprint density at radius 1 is 0.750 bits per heavy atom. The van der Waals surface area contributed by atoms with Gasteiger partial charge >= 0.3 is 0 Å². The summed E-state index contributed by atoms with van der Waals surface area (Å²) in [5.74, 6) is -1.71. The van der Waals surface area contributed by atoms with E-state index in [4.69, 9.17) is 34.8 Å². The molecule has 0 aliphatic rings. The molecule has 0 aliphatic heterocycles. The normalized spacial score (nSPS) is 11.8. The van der Waals surface area contributed by atoms with Crippen LogP contribution >= 0.6 is 34.8 Å². The van der Waals surface area contributed by atoms with E-state index in [1.807, 2.05) is 0 Å². The van der Waals surface area contributed by atoms with E-state index in [2.05, 4.69) is 27.7 Å². The van der Waals surface area contributed by atoms with Gasteiger partial charge in [-0.25, -0.2) is 0 Å². The lowest BCUT2D eigenvalue weighted by atomic mass is 10.1. The van der Waals surface area contributed by atoms with Gasteiger partial charge in [0.2, 0.25) is 3.79 Å². The van der Waals surface area contributed by atoms with Gasteiger partial charge in [-0.1, -0.05) is 88.2 Å². The van der Waals surface area contributed by atoms with Crippen molar-refractivity contribution in [2.45, 2.75) is 82.9 Å². The first-order valence-corrected chi connectivity index (χ1v) is 10.5. The summed E-state index contributed by atoms with van der Waals surface area (Å²) >= 11 is 14.2. The zero-order valence-electron chi connectivity index (χ0n) is 15.9. The fraction of sp³-hybridized carbons (Fsp3) is 0.944. The number of quaternary nitrogens is 1. The number of hydrogen-bond donors (Lipinski definition) is 0. The summed E-state index contributed by atoms with van der Waals surface area (Å²) in [6.07, 6.45) is 11.1. The lowest BCUT2D eigenvalue weighted by molar-refractivity contribution is -0.929. The lowest BCUT2D eigenvalue weighted by Crippen LogP contribution is -2.50. The zero-order valence-corrected chi connectivity index (χ0v) is 18.2. The fourth-order valence-corrected chi connectivity index (χ4v) is 2.64. The van der Waals surface area contributed by atoms with Crippen molar-refractivity contribution in [1.29, 1.82) is 0 Å². The molecule has 0 aromatic heterocycles. The van der Waals surface area contributed by atoms with Crippen LogP contribution < -0.4 is 5.11 Å². The van der Waals surface area contributed by atoms with Gasteiger partial charge in [0, 0.05) is 0 Å². The second-order valence-corrected chi connectivity index (χ2v) is 8.72. The van der Waals surface area contributed by atoms with Gasteiger partial charge in [-0.15, -0.1) is 0 Å². The van der Waals surface area contributed by atoms with Gasteiger partial charge in [0.1, 0.15) is 0 Å². The van der Waals surface area contributed by atoms with E-state index in [0.717, 1.165) is 0 Å². The van der Waals surface area contributed by atoms with Gasteiger partial charge in [0.05, 0.1) is 32.1 Å². The minimum absolute atomic E-state index is 1.35. The van der Waals surface area contributed by atoms with Crippen LogP contribution in [0.1, 0.15) is 79.1 Å². The molecular formula is C18H36Cl3NO2. The topological polar surface area (TPSA) is 40.1 Å². The molecule has 0 fully saturated rings. The second-order valence-electron chi connectivity index (χ2n) is 6.44. The highest BCUT2D eigenvalue weighted by Crippen LogP contribution is 2.24. The molecule has 0 radical (unpaired) electrons. The predicted octanol–water partition coefficient (Wildman–Crippen LogP) is 5.11. The first-order valence-electron chi connectivity index (χ1n) is 9.32. The number of carboxylic acids is 1. The van der Waals surface area contributed by atoms with Crippen molar-refractivity contribution in [2.24, 2.45) is 0 Å². The summed E-state index contributed by atoms with van der Waals surface area (Å²) < 4.78 is -0.858. The third-order valence-electron chi connectivity index (χ3n) is 4.18. The molecule has 0 spiro atoms. The molecule has 24 heavy (non-hydrogen) atoms. The molecule has 0 N–H and O–H groups in total. The van der Waals surface area contributed by atoms with Gasteiger partial charge in [-0.3, -0.25) is 0 Å². The maximum atomic E-state index is 9.51. The van der Waals surface area contributed by atoms with Crippen molar-refractivity contribution in [1.82, 2.24) is 0 Å². The summed E-state index contributed by atoms with van der Waals surface area (Å²) in [7, 11) is 0. The number of alkyl halides is 3. The van der Waals surface area contributed by atoms with Crippen LogP contribution in [0.4, 0.5) is 0 Å². The van der Waals surface area contributed by atoms with E-state index in [1.54, 1.807) is 0 Å². The summed E-state index contributed by atoms with van der Waals surface area (Å²) in [6.45, 7) is 15.0. The molecule has 0 amide bonds. The lowest BCUT2D eigenvalue weighted by Gasteiger charge is -2.39. The second kappa shape index (κ2) is 15.5. The van der Waals surface area contributed by atoms with Crippen LogP contribution in [-0.2, 0) is 4.79 Å². The Kier molecular flexibility index (Phi) is 17.2. The summed E-state index contributed by atoms with van der Waals surface area (Å²) in [5, 5.41) is 9.51. The van der Waals surface area contributed by atoms with Gasteiger partial charge < -0.3 is 14.4 Å². The van der Waals surface area contributed by atoms with E-state index in [-0.39, 0.29) is 0 Å². The Morgan fingerprint density at radius 2 is 0.958 bits per heavy atom. The Balaban J connectivity index is 0. The van der Waals surface area contributed by atoms with E-state index < -0.39 is 9.76 Å². The molecule has 0 saturated carbocycles. The molecule has 0 aromatic rings. The van der Waals surface area contributed by atoms with Gasteiger partial charge in [0.25, 0.3) is 0 Å². The molecule has 0 unspecified atom stereocenters. The maximum Gasteiger partial charge on any atom is 0.230 e. The van der Waals surface area contributed by atoms with Crippen molar-refractivity contribution in [3.8, 4) is 0 Å². The molecule has 6 heteroatoms. The number of rotatable bonds is 12. The third kappa shape index (κ3) is 14.6. The Labute approximate surface area is 164 Å². The van der Waals surface area contributed by atoms with Gasteiger partial charge in [0.15, 0.2) is 0 Å². The first kappa shape index (κ1) is 26.5.